The molecule has 1 saturated carbocycles. The first kappa shape index (κ1) is 12.6. The third-order valence-electron chi connectivity index (χ3n) is 4.16. The van der Waals surface area contributed by atoms with E-state index >= 15 is 0 Å². The van der Waals surface area contributed by atoms with Crippen molar-refractivity contribution in [1.29, 1.82) is 0 Å². The molecule has 0 bridgehead atoms. The minimum absolute atomic E-state index is 0.184. The van der Waals surface area contributed by atoms with Crippen molar-refractivity contribution in [1.82, 2.24) is 0 Å². The summed E-state index contributed by atoms with van der Waals surface area (Å²) in [5.74, 6) is 0.787. The largest absolute Gasteiger partial charge is 0.370 e. The SMILES string of the molecule is COC1(/C=C(\C)C2CCCCC2)C=CC=CC1. The second-order valence-corrected chi connectivity index (χ2v) is 5.37. The fourth-order valence-corrected chi connectivity index (χ4v) is 3.00. The predicted molar refractivity (Wildman–Crippen MR) is 73.0 cm³/mol. The van der Waals surface area contributed by atoms with Crippen LogP contribution in [-0.4, -0.2) is 12.7 Å². The van der Waals surface area contributed by atoms with Gasteiger partial charge in [-0.1, -0.05) is 43.1 Å². The summed E-state index contributed by atoms with van der Waals surface area (Å²) in [6, 6.07) is 0. The number of hydrogen-bond donors (Lipinski definition) is 0. The van der Waals surface area contributed by atoms with E-state index in [4.69, 9.17) is 4.74 Å². The Labute approximate surface area is 105 Å². The minimum Gasteiger partial charge on any atom is -0.370 e. The molecule has 0 amide bonds. The van der Waals surface area contributed by atoms with E-state index in [0.717, 1.165) is 12.3 Å². The highest BCUT2D eigenvalue weighted by Gasteiger charge is 2.25. The van der Waals surface area contributed by atoms with E-state index in [1.165, 1.54) is 37.7 Å². The summed E-state index contributed by atoms with van der Waals surface area (Å²) >= 11 is 0. The molecule has 0 aromatic heterocycles. The third kappa shape index (κ3) is 3.10. The van der Waals surface area contributed by atoms with Crippen molar-refractivity contribution in [2.75, 3.05) is 7.11 Å². The summed E-state index contributed by atoms with van der Waals surface area (Å²) in [6.45, 7) is 2.28. The van der Waals surface area contributed by atoms with Crippen LogP contribution in [0.3, 0.4) is 0 Å². The molecule has 0 aromatic rings. The molecular formula is C16H24O. The Balaban J connectivity index is 2.10. The van der Waals surface area contributed by atoms with Gasteiger partial charge in [0, 0.05) is 13.5 Å². The predicted octanol–water partition coefficient (Wildman–Crippen LogP) is 4.41. The van der Waals surface area contributed by atoms with Gasteiger partial charge in [-0.2, -0.15) is 0 Å². The fraction of sp³-hybridized carbons (Fsp3) is 0.625. The average Bonchev–Trinajstić information content (AvgIpc) is 2.41. The molecule has 1 nitrogen and oxygen atoms in total. The van der Waals surface area contributed by atoms with Crippen LogP contribution in [0.2, 0.25) is 0 Å². The Kier molecular flexibility index (Phi) is 4.22. The van der Waals surface area contributed by atoms with Crippen LogP contribution in [0.4, 0.5) is 0 Å². The molecule has 2 aliphatic carbocycles. The van der Waals surface area contributed by atoms with Gasteiger partial charge in [-0.25, -0.2) is 0 Å². The van der Waals surface area contributed by atoms with Gasteiger partial charge in [0.15, 0.2) is 0 Å². The molecule has 17 heavy (non-hydrogen) atoms. The minimum atomic E-state index is -0.184. The van der Waals surface area contributed by atoms with E-state index in [1.807, 2.05) is 7.11 Å². The highest BCUT2D eigenvalue weighted by atomic mass is 16.5. The van der Waals surface area contributed by atoms with Crippen LogP contribution in [-0.2, 0) is 4.74 Å². The van der Waals surface area contributed by atoms with Gasteiger partial charge in [0.25, 0.3) is 0 Å². The first-order valence-electron chi connectivity index (χ1n) is 6.85. The molecule has 2 rings (SSSR count). The Bertz CT molecular complexity index is 331. The van der Waals surface area contributed by atoms with E-state index in [-0.39, 0.29) is 5.60 Å². The van der Waals surface area contributed by atoms with Gasteiger partial charge >= 0.3 is 0 Å². The molecule has 1 atom stereocenters. The maximum Gasteiger partial charge on any atom is 0.108 e. The van der Waals surface area contributed by atoms with E-state index in [2.05, 4.69) is 37.3 Å². The van der Waals surface area contributed by atoms with E-state index in [9.17, 15) is 0 Å². The lowest BCUT2D eigenvalue weighted by Gasteiger charge is -2.30. The maximum atomic E-state index is 5.73. The van der Waals surface area contributed by atoms with Crippen LogP contribution >= 0.6 is 0 Å². The summed E-state index contributed by atoms with van der Waals surface area (Å²) in [4.78, 5) is 0. The molecule has 1 fully saturated rings. The Morgan fingerprint density at radius 1 is 1.24 bits per heavy atom. The molecule has 1 unspecified atom stereocenters. The average molecular weight is 232 g/mol. The number of methoxy groups -OCH3 is 1. The Morgan fingerprint density at radius 2 is 2.00 bits per heavy atom. The van der Waals surface area contributed by atoms with Crippen molar-refractivity contribution in [3.05, 3.63) is 36.0 Å². The van der Waals surface area contributed by atoms with Crippen LogP contribution in [0.25, 0.3) is 0 Å². The van der Waals surface area contributed by atoms with Crippen LogP contribution < -0.4 is 0 Å². The molecule has 0 aliphatic heterocycles. The van der Waals surface area contributed by atoms with E-state index in [0.29, 0.717) is 0 Å². The zero-order valence-electron chi connectivity index (χ0n) is 11.1. The first-order valence-corrected chi connectivity index (χ1v) is 6.85. The quantitative estimate of drug-likeness (QED) is 0.655. The highest BCUT2D eigenvalue weighted by Crippen LogP contribution is 2.33. The van der Waals surface area contributed by atoms with Gasteiger partial charge in [0.1, 0.15) is 5.60 Å². The second kappa shape index (κ2) is 5.68. The smallest absolute Gasteiger partial charge is 0.108 e. The molecule has 1 heteroatoms. The van der Waals surface area contributed by atoms with Gasteiger partial charge < -0.3 is 4.74 Å². The molecule has 0 heterocycles. The lowest BCUT2D eigenvalue weighted by Crippen LogP contribution is -2.27. The zero-order chi connectivity index (χ0) is 12.1. The lowest BCUT2D eigenvalue weighted by molar-refractivity contribution is 0.0745. The van der Waals surface area contributed by atoms with Crippen LogP contribution in [0.5, 0.6) is 0 Å². The van der Waals surface area contributed by atoms with Crippen LogP contribution in [0, 0.1) is 5.92 Å². The lowest BCUT2D eigenvalue weighted by atomic mass is 9.81. The molecule has 0 radical (unpaired) electrons. The molecule has 0 spiro atoms. The first-order chi connectivity index (χ1) is 8.26. The molecule has 2 aliphatic rings. The van der Waals surface area contributed by atoms with Crippen molar-refractivity contribution in [3.63, 3.8) is 0 Å². The molecule has 94 valence electrons. The van der Waals surface area contributed by atoms with Gasteiger partial charge in [-0.05, 0) is 37.8 Å². The Morgan fingerprint density at radius 3 is 2.59 bits per heavy atom. The highest BCUT2D eigenvalue weighted by molar-refractivity contribution is 5.28. The van der Waals surface area contributed by atoms with E-state index in [1.54, 1.807) is 0 Å². The normalized spacial score (nSPS) is 30.8. The number of ether oxygens (including phenoxy) is 1. The molecular weight excluding hydrogens is 208 g/mol. The van der Waals surface area contributed by atoms with Gasteiger partial charge in [0.2, 0.25) is 0 Å². The number of rotatable bonds is 3. The van der Waals surface area contributed by atoms with Gasteiger partial charge in [0.05, 0.1) is 0 Å². The number of hydrogen-bond acceptors (Lipinski definition) is 1. The van der Waals surface area contributed by atoms with Crippen molar-refractivity contribution in [3.8, 4) is 0 Å². The monoisotopic (exact) mass is 232 g/mol. The summed E-state index contributed by atoms with van der Waals surface area (Å²) in [5.41, 5.74) is 1.34. The summed E-state index contributed by atoms with van der Waals surface area (Å²) in [6.07, 6.45) is 18.8. The second-order valence-electron chi connectivity index (χ2n) is 5.37. The fourth-order valence-electron chi connectivity index (χ4n) is 3.00. The Hall–Kier alpha value is -0.820. The van der Waals surface area contributed by atoms with Crippen molar-refractivity contribution in [2.24, 2.45) is 5.92 Å². The van der Waals surface area contributed by atoms with E-state index < -0.39 is 0 Å². The summed E-state index contributed by atoms with van der Waals surface area (Å²) < 4.78 is 5.73. The summed E-state index contributed by atoms with van der Waals surface area (Å²) in [7, 11) is 1.81. The van der Waals surface area contributed by atoms with Gasteiger partial charge in [-0.15, -0.1) is 0 Å². The zero-order valence-corrected chi connectivity index (χ0v) is 11.1. The maximum absolute atomic E-state index is 5.73. The molecule has 0 saturated heterocycles. The van der Waals surface area contributed by atoms with Crippen LogP contribution in [0.15, 0.2) is 36.0 Å². The molecule has 0 aromatic carbocycles. The van der Waals surface area contributed by atoms with Crippen LogP contribution in [0.1, 0.15) is 45.4 Å². The van der Waals surface area contributed by atoms with Gasteiger partial charge in [-0.3, -0.25) is 0 Å². The van der Waals surface area contributed by atoms with Crippen molar-refractivity contribution >= 4 is 0 Å². The third-order valence-corrected chi connectivity index (χ3v) is 4.16. The van der Waals surface area contributed by atoms with Crippen molar-refractivity contribution in [2.45, 2.75) is 51.0 Å². The number of allylic oxidation sites excluding steroid dienone is 3. The summed E-state index contributed by atoms with van der Waals surface area (Å²) in [5, 5.41) is 0. The molecule has 0 N–H and O–H groups in total. The standard InChI is InChI=1S/C16H24O/c1-14(15-9-5-3-6-10-15)13-16(17-2)11-7-4-8-12-16/h4,7-8,11,13,15H,3,5-6,9-10,12H2,1-2H3/b14-13+. The van der Waals surface area contributed by atoms with Crippen molar-refractivity contribution < 1.29 is 4.74 Å². The topological polar surface area (TPSA) is 9.23 Å².